The molecule has 0 spiro atoms. The molecule has 1 heterocycles. The zero-order chi connectivity index (χ0) is 17.7. The molecule has 0 unspecified atom stereocenters. The van der Waals surface area contributed by atoms with E-state index in [1.54, 1.807) is 25.6 Å². The molecule has 0 aromatic heterocycles. The number of thioether (sulfide) groups is 1. The van der Waals surface area contributed by atoms with E-state index >= 15 is 0 Å². The number of nitrogens with two attached hydrogens (primary N) is 1. The van der Waals surface area contributed by atoms with Crippen LogP contribution in [0.15, 0.2) is 16.8 Å². The number of aliphatic hydroxyl groups excluding tert-OH is 2. The third-order valence-electron chi connectivity index (χ3n) is 3.75. The van der Waals surface area contributed by atoms with E-state index in [1.165, 1.54) is 6.08 Å². The van der Waals surface area contributed by atoms with Crippen molar-refractivity contribution in [2.75, 3.05) is 19.8 Å². The fraction of sp³-hybridized carbons (Fsp3) is 0.750. The number of carbonyl (C=O) groups is 1. The van der Waals surface area contributed by atoms with Crippen molar-refractivity contribution >= 4 is 23.5 Å². The van der Waals surface area contributed by atoms with Crippen LogP contribution in [0.2, 0.25) is 0 Å². The first-order valence-electron chi connectivity index (χ1n) is 7.74. The van der Waals surface area contributed by atoms with E-state index in [9.17, 15) is 15.0 Å². The maximum Gasteiger partial charge on any atom is 0.263 e. The molecule has 6 nitrogen and oxygen atoms in total. The van der Waals surface area contributed by atoms with Crippen LogP contribution in [0.25, 0.3) is 0 Å². The highest BCUT2D eigenvalue weighted by molar-refractivity contribution is 8.01. The SMILES string of the molecule is CC(C)(SC1CCOCC1)C(=O)N=C(N)/C=C(\O)C(C)(C)CO. The molecule has 1 aliphatic rings. The average Bonchev–Trinajstić information content (AvgIpc) is 2.47. The van der Waals surface area contributed by atoms with Crippen LogP contribution in [0, 0.1) is 5.41 Å². The van der Waals surface area contributed by atoms with Gasteiger partial charge in [0, 0.05) is 30.0 Å². The molecule has 7 heteroatoms. The second-order valence-corrected chi connectivity index (χ2v) is 8.78. The maximum atomic E-state index is 12.4. The molecule has 0 aromatic rings. The van der Waals surface area contributed by atoms with Crippen molar-refractivity contribution in [2.24, 2.45) is 16.1 Å². The van der Waals surface area contributed by atoms with E-state index in [4.69, 9.17) is 10.5 Å². The predicted octanol–water partition coefficient (Wildman–Crippen LogP) is 2.02. The van der Waals surface area contributed by atoms with Crippen molar-refractivity contribution < 1.29 is 19.7 Å². The Morgan fingerprint density at radius 3 is 2.43 bits per heavy atom. The topological polar surface area (TPSA) is 105 Å². The van der Waals surface area contributed by atoms with Crippen LogP contribution >= 0.6 is 11.8 Å². The number of hydrogen-bond acceptors (Lipinski definition) is 5. The lowest BCUT2D eigenvalue weighted by molar-refractivity contribution is -0.119. The normalized spacial score (nSPS) is 19.0. The second-order valence-electron chi connectivity index (χ2n) is 6.85. The molecule has 1 fully saturated rings. The number of amidine groups is 1. The van der Waals surface area contributed by atoms with Crippen molar-refractivity contribution in [2.45, 2.75) is 50.5 Å². The first-order chi connectivity index (χ1) is 10.6. The van der Waals surface area contributed by atoms with E-state index in [0.717, 1.165) is 26.1 Å². The highest BCUT2D eigenvalue weighted by Gasteiger charge is 2.32. The third-order valence-corrected chi connectivity index (χ3v) is 5.32. The van der Waals surface area contributed by atoms with Crippen molar-refractivity contribution in [3.8, 4) is 0 Å². The molecular formula is C16H28N2O4S. The van der Waals surface area contributed by atoms with Gasteiger partial charge in [-0.1, -0.05) is 13.8 Å². The van der Waals surface area contributed by atoms with Crippen molar-refractivity contribution in [3.63, 3.8) is 0 Å². The van der Waals surface area contributed by atoms with Gasteiger partial charge in [-0.25, -0.2) is 0 Å². The quantitative estimate of drug-likeness (QED) is 0.387. The minimum Gasteiger partial charge on any atom is -0.512 e. The average molecular weight is 344 g/mol. The summed E-state index contributed by atoms with van der Waals surface area (Å²) < 4.78 is 4.63. The molecule has 0 aromatic carbocycles. The summed E-state index contributed by atoms with van der Waals surface area (Å²) >= 11 is 1.59. The van der Waals surface area contributed by atoms with Crippen LogP contribution < -0.4 is 5.73 Å². The third kappa shape index (κ3) is 6.16. The monoisotopic (exact) mass is 344 g/mol. The summed E-state index contributed by atoms with van der Waals surface area (Å²) in [6, 6.07) is 0. The van der Waals surface area contributed by atoms with Crippen LogP contribution in [-0.4, -0.2) is 51.8 Å². The summed E-state index contributed by atoms with van der Waals surface area (Å²) in [5.74, 6) is -0.504. The first-order valence-corrected chi connectivity index (χ1v) is 8.62. The highest BCUT2D eigenvalue weighted by atomic mass is 32.2. The summed E-state index contributed by atoms with van der Waals surface area (Å²) in [7, 11) is 0. The molecule has 1 amide bonds. The summed E-state index contributed by atoms with van der Waals surface area (Å²) in [5.41, 5.74) is 4.91. The molecule has 0 atom stereocenters. The number of rotatable bonds is 6. The zero-order valence-corrected chi connectivity index (χ0v) is 15.2. The number of ether oxygens (including phenoxy) is 1. The van der Waals surface area contributed by atoms with E-state index in [2.05, 4.69) is 4.99 Å². The lowest BCUT2D eigenvalue weighted by atomic mass is 9.92. The summed E-state index contributed by atoms with van der Waals surface area (Å²) in [6.45, 7) is 8.20. The van der Waals surface area contributed by atoms with Crippen LogP contribution in [0.4, 0.5) is 0 Å². The number of aliphatic hydroxyl groups is 2. The van der Waals surface area contributed by atoms with Crippen LogP contribution in [0.3, 0.4) is 0 Å². The number of amides is 1. The van der Waals surface area contributed by atoms with Gasteiger partial charge in [0.05, 0.1) is 11.4 Å². The van der Waals surface area contributed by atoms with Crippen molar-refractivity contribution in [1.82, 2.24) is 0 Å². The van der Waals surface area contributed by atoms with Gasteiger partial charge in [-0.2, -0.15) is 4.99 Å². The fourth-order valence-corrected chi connectivity index (χ4v) is 3.37. The van der Waals surface area contributed by atoms with Gasteiger partial charge < -0.3 is 20.7 Å². The van der Waals surface area contributed by atoms with Gasteiger partial charge in [0.1, 0.15) is 11.6 Å². The molecule has 4 N–H and O–H groups in total. The fourth-order valence-electron chi connectivity index (χ4n) is 1.96. The van der Waals surface area contributed by atoms with Crippen LogP contribution in [-0.2, 0) is 9.53 Å². The van der Waals surface area contributed by atoms with Gasteiger partial charge >= 0.3 is 0 Å². The Kier molecular flexibility index (Phi) is 7.10. The van der Waals surface area contributed by atoms with Crippen LogP contribution in [0.1, 0.15) is 40.5 Å². The Balaban J connectivity index is 2.76. The molecule has 1 rings (SSSR count). The molecule has 0 aliphatic carbocycles. The summed E-state index contributed by atoms with van der Waals surface area (Å²) in [6.07, 6.45) is 3.07. The summed E-state index contributed by atoms with van der Waals surface area (Å²) in [5, 5.41) is 19.5. The molecule has 1 aliphatic heterocycles. The van der Waals surface area contributed by atoms with Gasteiger partial charge in [0.15, 0.2) is 0 Å². The van der Waals surface area contributed by atoms with E-state index in [-0.39, 0.29) is 24.1 Å². The van der Waals surface area contributed by atoms with Gasteiger partial charge in [-0.05, 0) is 26.7 Å². The van der Waals surface area contributed by atoms with Crippen molar-refractivity contribution in [1.29, 1.82) is 0 Å². The Morgan fingerprint density at radius 1 is 1.35 bits per heavy atom. The Hall–Kier alpha value is -1.05. The van der Waals surface area contributed by atoms with Gasteiger partial charge in [-0.3, -0.25) is 4.79 Å². The molecule has 23 heavy (non-hydrogen) atoms. The Bertz CT molecular complexity index is 480. The Labute approximate surface area is 142 Å². The predicted molar refractivity (Wildman–Crippen MR) is 93.7 cm³/mol. The van der Waals surface area contributed by atoms with E-state index < -0.39 is 10.2 Å². The summed E-state index contributed by atoms with van der Waals surface area (Å²) in [4.78, 5) is 16.3. The standard InChI is InChI=1S/C16H28N2O4S/c1-15(2,10-19)12(20)9-13(17)18-14(21)16(3,4)23-11-5-7-22-8-6-11/h9,11,19-20H,5-8,10H2,1-4H3,(H2,17,18,21)/b12-9-. The number of carbonyl (C=O) groups excluding carboxylic acids is 1. The van der Waals surface area contributed by atoms with E-state index in [1.807, 2.05) is 13.8 Å². The number of hydrogen-bond donors (Lipinski definition) is 3. The molecule has 132 valence electrons. The zero-order valence-electron chi connectivity index (χ0n) is 14.3. The van der Waals surface area contributed by atoms with Crippen molar-refractivity contribution in [3.05, 3.63) is 11.8 Å². The minimum atomic E-state index is -0.824. The van der Waals surface area contributed by atoms with Crippen LogP contribution in [0.5, 0.6) is 0 Å². The Morgan fingerprint density at radius 2 is 1.91 bits per heavy atom. The molecular weight excluding hydrogens is 316 g/mol. The lowest BCUT2D eigenvalue weighted by Gasteiger charge is -2.29. The first kappa shape index (κ1) is 20.0. The number of aliphatic imine (C=N–C) groups is 1. The largest absolute Gasteiger partial charge is 0.512 e. The minimum absolute atomic E-state index is 0.0605. The second kappa shape index (κ2) is 8.17. The maximum absolute atomic E-state index is 12.4. The molecule has 0 radical (unpaired) electrons. The molecule has 0 bridgehead atoms. The molecule has 1 saturated heterocycles. The van der Waals surface area contributed by atoms with Gasteiger partial charge in [-0.15, -0.1) is 11.8 Å². The lowest BCUT2D eigenvalue weighted by Crippen LogP contribution is -2.33. The molecule has 0 saturated carbocycles. The van der Waals surface area contributed by atoms with E-state index in [0.29, 0.717) is 5.25 Å². The van der Waals surface area contributed by atoms with Gasteiger partial charge in [0.25, 0.3) is 5.91 Å². The smallest absolute Gasteiger partial charge is 0.263 e. The number of nitrogens with zero attached hydrogens (tertiary/aromatic N) is 1. The highest BCUT2D eigenvalue weighted by Crippen LogP contribution is 2.34. The van der Waals surface area contributed by atoms with Gasteiger partial charge in [0.2, 0.25) is 0 Å².